The molecule has 3 N–H and O–H groups in total. The molecular formula is C25H52N2O4. The van der Waals surface area contributed by atoms with E-state index in [-0.39, 0.29) is 30.1 Å². The van der Waals surface area contributed by atoms with Crippen LogP contribution >= 0.6 is 0 Å². The predicted molar refractivity (Wildman–Crippen MR) is 131 cm³/mol. The molecule has 6 heteroatoms. The van der Waals surface area contributed by atoms with Gasteiger partial charge in [-0.05, 0) is 30.1 Å². The van der Waals surface area contributed by atoms with E-state index in [2.05, 4.69) is 52.2 Å². The van der Waals surface area contributed by atoms with Gasteiger partial charge in [-0.2, -0.15) is 0 Å². The summed E-state index contributed by atoms with van der Waals surface area (Å²) < 4.78 is 0. The van der Waals surface area contributed by atoms with Crippen LogP contribution < -0.4 is 10.6 Å². The highest BCUT2D eigenvalue weighted by atomic mass is 16.4. The van der Waals surface area contributed by atoms with Crippen LogP contribution in [0.3, 0.4) is 0 Å². The zero-order valence-electron chi connectivity index (χ0n) is 21.6. The van der Waals surface area contributed by atoms with Crippen LogP contribution in [0.4, 0.5) is 0 Å². The van der Waals surface area contributed by atoms with Gasteiger partial charge < -0.3 is 15.7 Å². The molecule has 0 fully saturated rings. The summed E-state index contributed by atoms with van der Waals surface area (Å²) in [5, 5.41) is 14.6. The zero-order valence-corrected chi connectivity index (χ0v) is 21.6. The van der Waals surface area contributed by atoms with Crippen molar-refractivity contribution >= 4 is 17.8 Å². The lowest BCUT2D eigenvalue weighted by molar-refractivity contribution is -0.143. The van der Waals surface area contributed by atoms with Gasteiger partial charge in [0.25, 0.3) is 0 Å². The number of carboxylic acids is 1. The van der Waals surface area contributed by atoms with Crippen LogP contribution in [0.5, 0.6) is 0 Å². The summed E-state index contributed by atoms with van der Waals surface area (Å²) in [6, 6.07) is -0.791. The van der Waals surface area contributed by atoms with Crippen LogP contribution in [0, 0.1) is 21.7 Å². The number of carboxylic acid groups (broad SMARTS) is 1. The number of carbonyl (C=O) groups excluding carboxylic acids is 2. The number of hydrogen-bond acceptors (Lipinski definition) is 3. The Morgan fingerprint density at radius 1 is 0.710 bits per heavy atom. The van der Waals surface area contributed by atoms with Gasteiger partial charge in [-0.1, -0.05) is 90.5 Å². The molecule has 0 aromatic rings. The van der Waals surface area contributed by atoms with E-state index in [1.807, 2.05) is 20.8 Å². The molecule has 0 aliphatic heterocycles. The van der Waals surface area contributed by atoms with Gasteiger partial charge in [0.1, 0.15) is 6.04 Å². The van der Waals surface area contributed by atoms with Crippen LogP contribution in [0.15, 0.2) is 0 Å². The van der Waals surface area contributed by atoms with Crippen molar-refractivity contribution in [2.75, 3.05) is 6.54 Å². The zero-order chi connectivity index (χ0) is 24.6. The lowest BCUT2D eigenvalue weighted by Crippen LogP contribution is -2.46. The van der Waals surface area contributed by atoms with Crippen molar-refractivity contribution in [3.63, 3.8) is 0 Å². The molecule has 2 amide bonds. The highest BCUT2D eigenvalue weighted by Crippen LogP contribution is 2.22. The minimum atomic E-state index is -0.966. The summed E-state index contributed by atoms with van der Waals surface area (Å²) in [6.45, 7) is 24.6. The van der Waals surface area contributed by atoms with Crippen molar-refractivity contribution < 1.29 is 19.5 Å². The van der Waals surface area contributed by atoms with E-state index in [0.29, 0.717) is 11.8 Å². The summed E-state index contributed by atoms with van der Waals surface area (Å²) in [5.74, 6) is -1.05. The van der Waals surface area contributed by atoms with Gasteiger partial charge in [-0.3, -0.25) is 9.59 Å². The van der Waals surface area contributed by atoms with Gasteiger partial charge in [0.15, 0.2) is 0 Å². The van der Waals surface area contributed by atoms with E-state index in [9.17, 15) is 14.4 Å². The second kappa shape index (κ2) is 13.1. The molecular weight excluding hydrogens is 392 g/mol. The van der Waals surface area contributed by atoms with Crippen molar-refractivity contribution in [2.24, 2.45) is 21.7 Å². The molecule has 31 heavy (non-hydrogen) atoms. The van der Waals surface area contributed by atoms with E-state index in [1.165, 1.54) is 0 Å². The summed E-state index contributed by atoms with van der Waals surface area (Å²) in [6.07, 6.45) is 2.24. The molecule has 0 saturated carbocycles. The van der Waals surface area contributed by atoms with Crippen LogP contribution in [0.25, 0.3) is 0 Å². The molecule has 0 aliphatic carbocycles. The molecule has 186 valence electrons. The highest BCUT2D eigenvalue weighted by molar-refractivity contribution is 5.86. The molecule has 1 atom stereocenters. The Labute approximate surface area is 192 Å². The first-order valence-electron chi connectivity index (χ1n) is 10.9. The molecule has 0 heterocycles. The first-order chi connectivity index (χ1) is 13.1. The van der Waals surface area contributed by atoms with Crippen LogP contribution in [-0.2, 0) is 14.4 Å². The number of carbonyl (C=O) groups is 3. The molecule has 0 aliphatic rings. The van der Waals surface area contributed by atoms with Crippen molar-refractivity contribution in [2.45, 2.75) is 116 Å². The number of nitrogens with one attached hydrogen (secondary N) is 2. The van der Waals surface area contributed by atoms with Gasteiger partial charge in [0, 0.05) is 17.4 Å². The minimum absolute atomic E-state index is 0. The Hall–Kier alpha value is -1.59. The Kier molecular flexibility index (Phi) is 14.3. The molecule has 0 saturated heterocycles. The fraction of sp³-hybridized carbons (Fsp3) is 0.880. The summed E-state index contributed by atoms with van der Waals surface area (Å²) in [4.78, 5) is 34.2. The van der Waals surface area contributed by atoms with Gasteiger partial charge in [-0.15, -0.1) is 0 Å². The van der Waals surface area contributed by atoms with Gasteiger partial charge in [-0.25, -0.2) is 4.79 Å². The fourth-order valence-electron chi connectivity index (χ4n) is 2.03. The van der Waals surface area contributed by atoms with Crippen molar-refractivity contribution in [1.29, 1.82) is 0 Å². The normalized spacial score (nSPS) is 13.2. The van der Waals surface area contributed by atoms with E-state index in [0.717, 1.165) is 19.4 Å². The Morgan fingerprint density at radius 2 is 1.10 bits per heavy atom. The highest BCUT2D eigenvalue weighted by Gasteiger charge is 2.28. The summed E-state index contributed by atoms with van der Waals surface area (Å²) in [7, 11) is 0. The van der Waals surface area contributed by atoms with Crippen LogP contribution in [0.1, 0.15) is 110 Å². The standard InChI is InChI=1S/C13H25NO3.C11H23NO.CH4/c1-12(2,3)8-7-9(10(15)16)14-11(17)13(4,5)6;1-10(2,3)7-8-12-9(13)11(4,5)6;/h9H,7-8H2,1-6H3,(H,14,17)(H,15,16);7-8H2,1-6H3,(H,12,13);1H4. The van der Waals surface area contributed by atoms with Crippen molar-refractivity contribution in [1.82, 2.24) is 10.6 Å². The number of hydrogen-bond donors (Lipinski definition) is 3. The van der Waals surface area contributed by atoms with Crippen molar-refractivity contribution in [3.05, 3.63) is 0 Å². The fourth-order valence-corrected chi connectivity index (χ4v) is 2.03. The third-order valence-corrected chi connectivity index (χ3v) is 4.31. The van der Waals surface area contributed by atoms with Crippen molar-refractivity contribution in [3.8, 4) is 0 Å². The first kappa shape index (κ1) is 34.0. The summed E-state index contributed by atoms with van der Waals surface area (Å²) in [5.41, 5.74) is -0.460. The van der Waals surface area contributed by atoms with Gasteiger partial charge in [0.2, 0.25) is 11.8 Å². The third kappa shape index (κ3) is 20.1. The number of rotatable bonds is 6. The van der Waals surface area contributed by atoms with E-state index in [4.69, 9.17) is 5.11 Å². The average Bonchev–Trinajstić information content (AvgIpc) is 2.47. The maximum Gasteiger partial charge on any atom is 0.326 e. The van der Waals surface area contributed by atoms with E-state index in [1.54, 1.807) is 20.8 Å². The molecule has 0 spiro atoms. The summed E-state index contributed by atoms with van der Waals surface area (Å²) >= 11 is 0. The average molecular weight is 445 g/mol. The molecule has 6 nitrogen and oxygen atoms in total. The Balaban J connectivity index is -0.000000507. The van der Waals surface area contributed by atoms with E-state index >= 15 is 0 Å². The SMILES string of the molecule is C.CC(C)(C)CCC(NC(=O)C(C)(C)C)C(=O)O.CC(C)(C)CCNC(=O)C(C)(C)C. The number of amides is 2. The quantitative estimate of drug-likeness (QED) is 0.493. The monoisotopic (exact) mass is 444 g/mol. The minimum Gasteiger partial charge on any atom is -0.480 e. The molecule has 1 unspecified atom stereocenters. The predicted octanol–water partition coefficient (Wildman–Crippen LogP) is 5.65. The second-order valence-corrected chi connectivity index (χ2v) is 12.5. The topological polar surface area (TPSA) is 95.5 Å². The lowest BCUT2D eigenvalue weighted by Gasteiger charge is -2.24. The molecule has 0 radical (unpaired) electrons. The Morgan fingerprint density at radius 3 is 1.39 bits per heavy atom. The molecule has 0 aromatic carbocycles. The Bertz CT molecular complexity index is 556. The first-order valence-corrected chi connectivity index (χ1v) is 10.9. The number of aliphatic carboxylic acids is 1. The molecule has 0 rings (SSSR count). The second-order valence-electron chi connectivity index (χ2n) is 12.5. The maximum atomic E-state index is 11.7. The third-order valence-electron chi connectivity index (χ3n) is 4.31. The van der Waals surface area contributed by atoms with Gasteiger partial charge in [0.05, 0.1) is 0 Å². The van der Waals surface area contributed by atoms with Crippen LogP contribution in [-0.4, -0.2) is 35.5 Å². The smallest absolute Gasteiger partial charge is 0.326 e. The van der Waals surface area contributed by atoms with Gasteiger partial charge >= 0.3 is 5.97 Å². The largest absolute Gasteiger partial charge is 0.480 e. The maximum absolute atomic E-state index is 11.7. The van der Waals surface area contributed by atoms with E-state index < -0.39 is 17.4 Å². The molecule has 0 aromatic heterocycles. The lowest BCUT2D eigenvalue weighted by atomic mass is 9.88. The van der Waals surface area contributed by atoms with Crippen LogP contribution in [0.2, 0.25) is 0 Å². The molecule has 0 bridgehead atoms.